The predicted octanol–water partition coefficient (Wildman–Crippen LogP) is 1.92. The van der Waals surface area contributed by atoms with E-state index in [1.807, 2.05) is 0 Å². The van der Waals surface area contributed by atoms with E-state index in [0.717, 1.165) is 58.3 Å². The molecule has 0 spiro atoms. The molecular weight excluding hydrogens is 338 g/mol. The minimum atomic E-state index is 0.699. The number of methoxy groups -OCH3 is 1. The molecule has 0 amide bonds. The van der Waals surface area contributed by atoms with Crippen LogP contribution in [0.25, 0.3) is 0 Å². The molecule has 0 aromatic heterocycles. The van der Waals surface area contributed by atoms with E-state index in [9.17, 15) is 0 Å². The Bertz CT molecular complexity index is 555. The Morgan fingerprint density at radius 2 is 1.74 bits per heavy atom. The summed E-state index contributed by atoms with van der Waals surface area (Å²) in [5, 5.41) is 6.70. The molecule has 6 heteroatoms. The minimum Gasteiger partial charge on any atom is -0.385 e. The van der Waals surface area contributed by atoms with Crippen LogP contribution >= 0.6 is 0 Å². The summed E-state index contributed by atoms with van der Waals surface area (Å²) in [5.41, 5.74) is 2.70. The van der Waals surface area contributed by atoms with Crippen LogP contribution in [0.2, 0.25) is 0 Å². The lowest BCUT2D eigenvalue weighted by Crippen LogP contribution is -2.45. The molecule has 2 N–H and O–H groups in total. The monoisotopic (exact) mass is 375 g/mol. The topological polar surface area (TPSA) is 52.1 Å². The molecule has 1 heterocycles. The van der Waals surface area contributed by atoms with E-state index in [1.54, 1.807) is 7.11 Å². The highest BCUT2D eigenvalue weighted by atomic mass is 16.5. The Hall–Kier alpha value is -1.63. The van der Waals surface area contributed by atoms with Gasteiger partial charge in [0.15, 0.2) is 5.96 Å². The average Bonchev–Trinajstić information content (AvgIpc) is 2.71. The fourth-order valence-corrected chi connectivity index (χ4v) is 3.30. The second-order valence-corrected chi connectivity index (χ2v) is 6.95. The number of nitrogens with one attached hydrogen (secondary N) is 2. The van der Waals surface area contributed by atoms with Gasteiger partial charge in [0.2, 0.25) is 0 Å². The summed E-state index contributed by atoms with van der Waals surface area (Å²) in [6.45, 7) is 14.3. The highest BCUT2D eigenvalue weighted by Gasteiger charge is 2.16. The molecule has 1 aliphatic rings. The largest absolute Gasteiger partial charge is 0.385 e. The van der Waals surface area contributed by atoms with Crippen molar-refractivity contribution in [1.29, 1.82) is 0 Å². The molecule has 2 rings (SSSR count). The first-order chi connectivity index (χ1) is 13.3. The lowest BCUT2D eigenvalue weighted by molar-refractivity contribution is 0.131. The van der Waals surface area contributed by atoms with Gasteiger partial charge < -0.3 is 20.3 Å². The lowest BCUT2D eigenvalue weighted by atomic mass is 10.1. The lowest BCUT2D eigenvalue weighted by Gasteiger charge is -2.34. The van der Waals surface area contributed by atoms with Crippen LogP contribution in [0.15, 0.2) is 29.3 Å². The van der Waals surface area contributed by atoms with Gasteiger partial charge >= 0.3 is 0 Å². The first-order valence-electron chi connectivity index (χ1n) is 10.3. The van der Waals surface area contributed by atoms with Gasteiger partial charge in [0.05, 0.1) is 6.54 Å². The maximum atomic E-state index is 5.11. The number of nitrogens with zero attached hydrogens (tertiary/aromatic N) is 3. The molecule has 0 atom stereocenters. The summed E-state index contributed by atoms with van der Waals surface area (Å²) in [7, 11) is 1.73. The van der Waals surface area contributed by atoms with Crippen molar-refractivity contribution in [3.05, 3.63) is 35.4 Å². The molecule has 0 saturated carbocycles. The molecule has 0 aliphatic carbocycles. The molecule has 0 unspecified atom stereocenters. The zero-order chi connectivity index (χ0) is 19.3. The van der Waals surface area contributed by atoms with Crippen molar-refractivity contribution in [2.75, 3.05) is 59.5 Å². The van der Waals surface area contributed by atoms with Gasteiger partial charge in [0.1, 0.15) is 0 Å². The van der Waals surface area contributed by atoms with Gasteiger partial charge in [-0.05, 0) is 31.0 Å². The van der Waals surface area contributed by atoms with Gasteiger partial charge in [-0.15, -0.1) is 0 Å². The minimum absolute atomic E-state index is 0.699. The molecular formula is C21H37N5O. The Morgan fingerprint density at radius 1 is 1.04 bits per heavy atom. The van der Waals surface area contributed by atoms with Gasteiger partial charge in [0.25, 0.3) is 0 Å². The Morgan fingerprint density at radius 3 is 2.41 bits per heavy atom. The van der Waals surface area contributed by atoms with Gasteiger partial charge in [-0.1, -0.05) is 31.2 Å². The molecule has 1 saturated heterocycles. The number of hydrogen-bond acceptors (Lipinski definition) is 4. The number of rotatable bonds is 10. The maximum absolute atomic E-state index is 5.11. The van der Waals surface area contributed by atoms with Crippen LogP contribution < -0.4 is 10.6 Å². The van der Waals surface area contributed by atoms with Crippen molar-refractivity contribution in [2.45, 2.75) is 33.4 Å². The van der Waals surface area contributed by atoms with E-state index in [2.05, 4.69) is 58.5 Å². The van der Waals surface area contributed by atoms with Crippen molar-refractivity contribution in [3.8, 4) is 0 Å². The van der Waals surface area contributed by atoms with E-state index in [-0.39, 0.29) is 0 Å². The number of aliphatic imine (C=N–C) groups is 1. The summed E-state index contributed by atoms with van der Waals surface area (Å²) in [6.07, 6.45) is 0.973. The number of guanidine groups is 1. The van der Waals surface area contributed by atoms with Crippen LogP contribution in [0.3, 0.4) is 0 Å². The van der Waals surface area contributed by atoms with Crippen LogP contribution in [-0.4, -0.2) is 75.3 Å². The number of hydrogen-bond donors (Lipinski definition) is 2. The molecule has 0 radical (unpaired) electrons. The van der Waals surface area contributed by atoms with Gasteiger partial charge in [-0.3, -0.25) is 4.90 Å². The molecule has 0 bridgehead atoms. The third-order valence-corrected chi connectivity index (χ3v) is 4.99. The molecule has 1 aromatic carbocycles. The Kier molecular flexibility index (Phi) is 10.2. The third kappa shape index (κ3) is 7.87. The first-order valence-corrected chi connectivity index (χ1v) is 10.3. The van der Waals surface area contributed by atoms with Crippen LogP contribution in [0, 0.1) is 0 Å². The summed E-state index contributed by atoms with van der Waals surface area (Å²) in [4.78, 5) is 9.86. The van der Waals surface area contributed by atoms with Crippen LogP contribution in [-0.2, 0) is 17.8 Å². The molecule has 6 nitrogen and oxygen atoms in total. The second kappa shape index (κ2) is 12.7. The molecule has 152 valence electrons. The zero-order valence-electron chi connectivity index (χ0n) is 17.3. The van der Waals surface area contributed by atoms with Gasteiger partial charge in [-0.25, -0.2) is 4.99 Å². The molecule has 1 aliphatic heterocycles. The third-order valence-electron chi connectivity index (χ3n) is 4.99. The molecule has 1 fully saturated rings. The highest BCUT2D eigenvalue weighted by Crippen LogP contribution is 2.14. The average molecular weight is 376 g/mol. The predicted molar refractivity (Wildman–Crippen MR) is 113 cm³/mol. The van der Waals surface area contributed by atoms with Crippen molar-refractivity contribution < 1.29 is 4.74 Å². The van der Waals surface area contributed by atoms with E-state index in [4.69, 9.17) is 9.73 Å². The summed E-state index contributed by atoms with van der Waals surface area (Å²) < 4.78 is 5.11. The standard InChI is InChI=1S/C21H37N5O/c1-4-22-21(23-11-8-16-27-3)24-17-19-9-6-7-10-20(19)18-26-14-12-25(5-2)13-15-26/h6-7,9-10H,4-5,8,11-18H2,1-3H3,(H2,22,23,24). The SMILES string of the molecule is CCNC(=NCc1ccccc1CN1CCN(CC)CC1)NCCCOC. The quantitative estimate of drug-likeness (QED) is 0.372. The number of piperazine rings is 1. The summed E-state index contributed by atoms with van der Waals surface area (Å²) in [6, 6.07) is 8.70. The van der Waals surface area contributed by atoms with Crippen molar-refractivity contribution in [2.24, 2.45) is 4.99 Å². The number of ether oxygens (including phenoxy) is 1. The molecule has 1 aromatic rings. The van der Waals surface area contributed by atoms with Gasteiger partial charge in [-0.2, -0.15) is 0 Å². The van der Waals surface area contributed by atoms with Gasteiger partial charge in [0, 0.05) is 59.5 Å². The van der Waals surface area contributed by atoms with Crippen LogP contribution in [0.1, 0.15) is 31.4 Å². The van der Waals surface area contributed by atoms with E-state index < -0.39 is 0 Å². The summed E-state index contributed by atoms with van der Waals surface area (Å²) >= 11 is 0. The van der Waals surface area contributed by atoms with Crippen LogP contribution in [0.4, 0.5) is 0 Å². The van der Waals surface area contributed by atoms with Crippen LogP contribution in [0.5, 0.6) is 0 Å². The van der Waals surface area contributed by atoms with E-state index in [1.165, 1.54) is 24.2 Å². The fraction of sp³-hybridized carbons (Fsp3) is 0.667. The van der Waals surface area contributed by atoms with E-state index >= 15 is 0 Å². The number of benzene rings is 1. The summed E-state index contributed by atoms with van der Waals surface area (Å²) in [5.74, 6) is 0.875. The zero-order valence-corrected chi connectivity index (χ0v) is 17.3. The molecule has 27 heavy (non-hydrogen) atoms. The normalized spacial score (nSPS) is 16.5. The Balaban J connectivity index is 1.93. The van der Waals surface area contributed by atoms with Crippen molar-refractivity contribution in [3.63, 3.8) is 0 Å². The number of likely N-dealkylation sites (N-methyl/N-ethyl adjacent to an activating group) is 1. The highest BCUT2D eigenvalue weighted by molar-refractivity contribution is 5.79. The smallest absolute Gasteiger partial charge is 0.191 e. The Labute approximate surface area is 165 Å². The van der Waals surface area contributed by atoms with Crippen molar-refractivity contribution in [1.82, 2.24) is 20.4 Å². The fourth-order valence-electron chi connectivity index (χ4n) is 3.30. The van der Waals surface area contributed by atoms with Crippen molar-refractivity contribution >= 4 is 5.96 Å². The second-order valence-electron chi connectivity index (χ2n) is 6.95. The van der Waals surface area contributed by atoms with E-state index in [0.29, 0.717) is 6.54 Å². The first kappa shape index (κ1) is 21.7. The maximum Gasteiger partial charge on any atom is 0.191 e.